The van der Waals surface area contributed by atoms with Crippen molar-refractivity contribution in [1.29, 1.82) is 0 Å². The van der Waals surface area contributed by atoms with Gasteiger partial charge in [0.05, 0.1) is 6.10 Å². The quantitative estimate of drug-likeness (QED) is 0.807. The number of ether oxygens (including phenoxy) is 1. The van der Waals surface area contributed by atoms with E-state index >= 15 is 0 Å². The number of nitrogens with zero attached hydrogens (tertiary/aromatic N) is 2. The van der Waals surface area contributed by atoms with Gasteiger partial charge in [-0.2, -0.15) is 0 Å². The molecule has 5 nitrogen and oxygen atoms in total. The first-order chi connectivity index (χ1) is 8.40. The van der Waals surface area contributed by atoms with E-state index in [0.717, 1.165) is 25.8 Å². The van der Waals surface area contributed by atoms with Crippen LogP contribution < -0.4 is 5.32 Å². The Labute approximate surface area is 109 Å². The van der Waals surface area contributed by atoms with Gasteiger partial charge in [0.2, 0.25) is 11.8 Å². The number of aryl methyl sites for hydroxylation is 1. The molecule has 0 spiro atoms. The lowest BCUT2D eigenvalue weighted by molar-refractivity contribution is 0.109. The van der Waals surface area contributed by atoms with E-state index in [2.05, 4.69) is 36.3 Å². The predicted molar refractivity (Wildman–Crippen MR) is 70.5 cm³/mol. The molecule has 1 unspecified atom stereocenters. The molecule has 0 bridgehead atoms. The second-order valence-corrected chi connectivity index (χ2v) is 5.60. The van der Waals surface area contributed by atoms with Crippen molar-refractivity contribution in [3.8, 4) is 0 Å². The molecule has 0 aromatic carbocycles. The Kier molecular flexibility index (Phi) is 5.75. The number of methoxy groups -OCH3 is 1. The number of nitrogens with one attached hydrogen (secondary N) is 1. The summed E-state index contributed by atoms with van der Waals surface area (Å²) in [4.78, 5) is 0. The van der Waals surface area contributed by atoms with Gasteiger partial charge in [0.15, 0.2) is 0 Å². The van der Waals surface area contributed by atoms with Gasteiger partial charge in [-0.3, -0.25) is 0 Å². The van der Waals surface area contributed by atoms with E-state index in [1.54, 1.807) is 7.11 Å². The molecule has 1 aromatic heterocycles. The van der Waals surface area contributed by atoms with Crippen LogP contribution in [0.3, 0.4) is 0 Å². The highest BCUT2D eigenvalue weighted by molar-refractivity contribution is 4.84. The van der Waals surface area contributed by atoms with Crippen LogP contribution in [-0.2, 0) is 17.6 Å². The zero-order valence-corrected chi connectivity index (χ0v) is 12.1. The van der Waals surface area contributed by atoms with Crippen LogP contribution in [0.5, 0.6) is 0 Å². The standard InChI is InChI=1S/C13H25N3O2/c1-10(17-5)6-7-11-15-16-12(18-11)8-9-14-13(2,3)4/h10,14H,6-9H2,1-5H3. The lowest BCUT2D eigenvalue weighted by Crippen LogP contribution is -2.37. The second-order valence-electron chi connectivity index (χ2n) is 5.60. The Bertz CT molecular complexity index is 344. The summed E-state index contributed by atoms with van der Waals surface area (Å²) in [5.74, 6) is 1.40. The van der Waals surface area contributed by atoms with Crippen molar-refractivity contribution >= 4 is 0 Å². The van der Waals surface area contributed by atoms with E-state index in [9.17, 15) is 0 Å². The molecule has 0 saturated carbocycles. The lowest BCUT2D eigenvalue weighted by Gasteiger charge is -2.19. The maximum atomic E-state index is 5.58. The molecular weight excluding hydrogens is 230 g/mol. The molecule has 0 radical (unpaired) electrons. The van der Waals surface area contributed by atoms with Gasteiger partial charge in [0.1, 0.15) is 0 Å². The van der Waals surface area contributed by atoms with E-state index in [0.29, 0.717) is 11.8 Å². The van der Waals surface area contributed by atoms with Crippen molar-refractivity contribution in [2.45, 2.75) is 58.6 Å². The van der Waals surface area contributed by atoms with Gasteiger partial charge >= 0.3 is 0 Å². The fourth-order valence-corrected chi connectivity index (χ4v) is 1.48. The molecule has 0 saturated heterocycles. The number of aromatic nitrogens is 2. The van der Waals surface area contributed by atoms with E-state index < -0.39 is 0 Å². The van der Waals surface area contributed by atoms with Gasteiger partial charge in [-0.1, -0.05) is 0 Å². The first-order valence-electron chi connectivity index (χ1n) is 6.50. The Hall–Kier alpha value is -0.940. The van der Waals surface area contributed by atoms with E-state index in [-0.39, 0.29) is 11.6 Å². The Balaban J connectivity index is 2.30. The van der Waals surface area contributed by atoms with Crippen LogP contribution >= 0.6 is 0 Å². The maximum absolute atomic E-state index is 5.58. The minimum atomic E-state index is 0.122. The summed E-state index contributed by atoms with van der Waals surface area (Å²) in [6, 6.07) is 0. The van der Waals surface area contributed by atoms with Crippen LogP contribution in [0.2, 0.25) is 0 Å². The highest BCUT2D eigenvalue weighted by Crippen LogP contribution is 2.07. The molecule has 1 aromatic rings. The van der Waals surface area contributed by atoms with Crippen LogP contribution in [0.25, 0.3) is 0 Å². The summed E-state index contributed by atoms with van der Waals surface area (Å²) in [6.07, 6.45) is 2.67. The fraction of sp³-hybridized carbons (Fsp3) is 0.846. The third-order valence-corrected chi connectivity index (χ3v) is 2.67. The van der Waals surface area contributed by atoms with Crippen LogP contribution in [0.4, 0.5) is 0 Å². The minimum absolute atomic E-state index is 0.122. The minimum Gasteiger partial charge on any atom is -0.425 e. The maximum Gasteiger partial charge on any atom is 0.217 e. The van der Waals surface area contributed by atoms with Crippen molar-refractivity contribution in [2.75, 3.05) is 13.7 Å². The monoisotopic (exact) mass is 255 g/mol. The number of rotatable bonds is 7. The molecule has 1 rings (SSSR count). The number of hydrogen-bond donors (Lipinski definition) is 1. The average molecular weight is 255 g/mol. The highest BCUT2D eigenvalue weighted by atomic mass is 16.5. The molecule has 0 aliphatic rings. The molecule has 1 heterocycles. The topological polar surface area (TPSA) is 60.2 Å². The fourth-order valence-electron chi connectivity index (χ4n) is 1.48. The first kappa shape index (κ1) is 15.1. The summed E-state index contributed by atoms with van der Waals surface area (Å²) in [5, 5.41) is 11.5. The Morgan fingerprint density at radius 1 is 1.22 bits per heavy atom. The summed E-state index contributed by atoms with van der Waals surface area (Å²) in [7, 11) is 1.71. The molecule has 5 heteroatoms. The summed E-state index contributed by atoms with van der Waals surface area (Å²) in [6.45, 7) is 9.29. The average Bonchev–Trinajstić information content (AvgIpc) is 2.72. The Morgan fingerprint density at radius 3 is 2.39 bits per heavy atom. The van der Waals surface area contributed by atoms with E-state index in [1.807, 2.05) is 6.92 Å². The van der Waals surface area contributed by atoms with Gasteiger partial charge in [-0.25, -0.2) is 0 Å². The zero-order valence-electron chi connectivity index (χ0n) is 12.1. The zero-order chi connectivity index (χ0) is 13.6. The van der Waals surface area contributed by atoms with Crippen LogP contribution in [0.15, 0.2) is 4.42 Å². The largest absolute Gasteiger partial charge is 0.425 e. The second kappa shape index (κ2) is 6.85. The molecule has 0 fully saturated rings. The van der Waals surface area contributed by atoms with Crippen LogP contribution in [0.1, 0.15) is 45.9 Å². The lowest BCUT2D eigenvalue weighted by atomic mass is 10.1. The highest BCUT2D eigenvalue weighted by Gasteiger charge is 2.11. The summed E-state index contributed by atoms with van der Waals surface area (Å²) < 4.78 is 10.8. The SMILES string of the molecule is COC(C)CCc1nnc(CCNC(C)(C)C)o1. The molecule has 0 aliphatic heterocycles. The summed E-state index contributed by atoms with van der Waals surface area (Å²) >= 11 is 0. The van der Waals surface area contributed by atoms with Gasteiger partial charge in [-0.05, 0) is 34.1 Å². The molecule has 0 aliphatic carbocycles. The molecule has 0 amide bonds. The van der Waals surface area contributed by atoms with Crippen molar-refractivity contribution in [2.24, 2.45) is 0 Å². The predicted octanol–water partition coefficient (Wildman–Crippen LogP) is 1.97. The third-order valence-electron chi connectivity index (χ3n) is 2.67. The van der Waals surface area contributed by atoms with Gasteiger partial charge in [-0.15, -0.1) is 10.2 Å². The van der Waals surface area contributed by atoms with Gasteiger partial charge in [0, 0.05) is 32.0 Å². The Morgan fingerprint density at radius 2 is 1.83 bits per heavy atom. The smallest absolute Gasteiger partial charge is 0.217 e. The van der Waals surface area contributed by atoms with Crippen molar-refractivity contribution in [1.82, 2.24) is 15.5 Å². The number of hydrogen-bond acceptors (Lipinski definition) is 5. The van der Waals surface area contributed by atoms with Gasteiger partial charge < -0.3 is 14.5 Å². The molecule has 1 N–H and O–H groups in total. The normalized spacial score (nSPS) is 13.8. The summed E-state index contributed by atoms with van der Waals surface area (Å²) in [5.41, 5.74) is 0.122. The van der Waals surface area contributed by atoms with Crippen molar-refractivity contribution in [3.63, 3.8) is 0 Å². The van der Waals surface area contributed by atoms with Crippen molar-refractivity contribution in [3.05, 3.63) is 11.8 Å². The third kappa shape index (κ3) is 6.12. The van der Waals surface area contributed by atoms with E-state index in [1.165, 1.54) is 0 Å². The van der Waals surface area contributed by atoms with Crippen molar-refractivity contribution < 1.29 is 9.15 Å². The molecule has 1 atom stereocenters. The van der Waals surface area contributed by atoms with Gasteiger partial charge in [0.25, 0.3) is 0 Å². The first-order valence-corrected chi connectivity index (χ1v) is 6.50. The molecular formula is C13H25N3O2. The van der Waals surface area contributed by atoms with Crippen LogP contribution in [-0.4, -0.2) is 35.5 Å². The van der Waals surface area contributed by atoms with Crippen LogP contribution in [0, 0.1) is 0 Å². The molecule has 18 heavy (non-hydrogen) atoms. The molecule has 104 valence electrons. The van der Waals surface area contributed by atoms with E-state index in [4.69, 9.17) is 9.15 Å².